The molecule has 9 heavy (non-hydrogen) atoms. The zero-order valence-corrected chi connectivity index (χ0v) is 7.29. The second-order valence-electron chi connectivity index (χ2n) is 1.58. The van der Waals surface area contributed by atoms with E-state index in [0.29, 0.717) is 0 Å². The molecule has 0 unspecified atom stereocenters. The first-order valence-corrected chi connectivity index (χ1v) is 5.10. The Balaban J connectivity index is 3.01. The van der Waals surface area contributed by atoms with Gasteiger partial charge < -0.3 is 0 Å². The molecule has 0 saturated heterocycles. The fourth-order valence-electron chi connectivity index (χ4n) is 0.446. The van der Waals surface area contributed by atoms with Crippen molar-refractivity contribution in [1.29, 1.82) is 0 Å². The summed E-state index contributed by atoms with van der Waals surface area (Å²) in [5.74, 6) is 0.830. The van der Waals surface area contributed by atoms with Crippen LogP contribution in [-0.2, 0) is 0 Å². The van der Waals surface area contributed by atoms with Crippen molar-refractivity contribution in [2.45, 2.75) is 6.92 Å². The Morgan fingerprint density at radius 2 is 2.00 bits per heavy atom. The van der Waals surface area contributed by atoms with Crippen LogP contribution in [0.25, 0.3) is 0 Å². The number of hydrogen-bond acceptors (Lipinski definition) is 2. The van der Waals surface area contributed by atoms with Gasteiger partial charge >= 0.3 is 0 Å². The van der Waals surface area contributed by atoms with Crippen LogP contribution < -0.4 is 0 Å². The van der Waals surface area contributed by atoms with Crippen LogP contribution in [0.5, 0.6) is 0 Å². The second-order valence-corrected chi connectivity index (χ2v) is 3.59. The van der Waals surface area contributed by atoms with E-state index in [1.54, 1.807) is 0 Å². The lowest BCUT2D eigenvalue weighted by Gasteiger charge is -1.89. The topological polar surface area (TPSA) is 25.8 Å². The summed E-state index contributed by atoms with van der Waals surface area (Å²) in [6.45, 7) is 1.88. The first-order valence-electron chi connectivity index (χ1n) is 2.50. The fourth-order valence-corrected chi connectivity index (χ4v) is 1.12. The summed E-state index contributed by atoms with van der Waals surface area (Å²) < 4.78 is 5.01. The van der Waals surface area contributed by atoms with Crippen LogP contribution in [0.1, 0.15) is 5.82 Å². The summed E-state index contributed by atoms with van der Waals surface area (Å²) >= 11 is -0.0784. The lowest BCUT2D eigenvalue weighted by molar-refractivity contribution is 1.04. The van der Waals surface area contributed by atoms with Gasteiger partial charge in [0, 0.05) is 16.0 Å². The van der Waals surface area contributed by atoms with Gasteiger partial charge in [-0.25, -0.2) is 9.97 Å². The molecule has 0 aliphatic rings. The molecule has 1 heterocycles. The van der Waals surface area contributed by atoms with Crippen molar-refractivity contribution in [3.8, 4) is 0 Å². The summed E-state index contributed by atoms with van der Waals surface area (Å²) in [6.07, 6.45) is 3.70. The first-order chi connectivity index (χ1) is 4.33. The highest BCUT2D eigenvalue weighted by Crippen LogP contribution is 2.04. The number of nitrogens with zero attached hydrogens (tertiary/aromatic N) is 2. The first kappa shape index (κ1) is 6.80. The van der Waals surface area contributed by atoms with E-state index in [1.165, 1.54) is 3.57 Å². The third kappa shape index (κ3) is 1.82. The number of aryl methyl sites for hydroxylation is 1. The van der Waals surface area contributed by atoms with E-state index < -0.39 is 0 Å². The van der Waals surface area contributed by atoms with Crippen molar-refractivity contribution >= 4 is 25.2 Å². The minimum atomic E-state index is -0.0784. The van der Waals surface area contributed by atoms with Gasteiger partial charge in [0.1, 0.15) is 5.82 Å². The molecule has 48 valence electrons. The van der Waals surface area contributed by atoms with Crippen molar-refractivity contribution < 1.29 is 0 Å². The molecule has 3 heteroatoms. The van der Waals surface area contributed by atoms with Gasteiger partial charge in [0.2, 0.25) is 0 Å². The quantitative estimate of drug-likeness (QED) is 0.685. The molecule has 0 aliphatic carbocycles. The number of halogens is 1. The number of aromatic nitrogens is 2. The monoisotopic (exact) mass is 234 g/mol. The Bertz CT molecular complexity index is 205. The van der Waals surface area contributed by atoms with Gasteiger partial charge in [-0.2, -0.15) is 0 Å². The zero-order valence-electron chi connectivity index (χ0n) is 5.13. The van der Waals surface area contributed by atoms with Crippen LogP contribution in [0.3, 0.4) is 0 Å². The molecular weight excluding hydrogens is 227 g/mol. The smallest absolute Gasteiger partial charge is 0.125 e. The average Bonchev–Trinajstić information content (AvgIpc) is 1.90. The standard InChI is InChI=1S/C6H7IN2/c1-5-8-3-6(7-2)4-9-5/h3-4H,2H2,1H3. The van der Waals surface area contributed by atoms with Gasteiger partial charge in [0.25, 0.3) is 0 Å². The van der Waals surface area contributed by atoms with E-state index in [4.69, 9.17) is 0 Å². The number of hydrogen-bond donors (Lipinski definition) is 0. The predicted molar refractivity (Wildman–Crippen MR) is 46.6 cm³/mol. The molecular formula is C6H7IN2. The molecule has 0 spiro atoms. The summed E-state index contributed by atoms with van der Waals surface area (Å²) in [6, 6.07) is 0. The van der Waals surface area contributed by atoms with Crippen LogP contribution in [0.4, 0.5) is 0 Å². The lowest BCUT2D eigenvalue weighted by atomic mass is 10.6. The molecule has 0 fully saturated rings. The summed E-state index contributed by atoms with van der Waals surface area (Å²) in [5, 5.41) is 0. The van der Waals surface area contributed by atoms with Crippen molar-refractivity contribution in [1.82, 2.24) is 9.97 Å². The van der Waals surface area contributed by atoms with Gasteiger partial charge in [0.05, 0.1) is 0 Å². The van der Waals surface area contributed by atoms with Gasteiger partial charge in [0.15, 0.2) is 0 Å². The Hall–Kier alpha value is -0.320. The van der Waals surface area contributed by atoms with E-state index in [0.717, 1.165) is 5.82 Å². The molecule has 0 amide bonds. The molecule has 0 radical (unpaired) electrons. The Morgan fingerprint density at radius 3 is 2.44 bits per heavy atom. The van der Waals surface area contributed by atoms with Crippen molar-refractivity contribution in [3.63, 3.8) is 0 Å². The zero-order chi connectivity index (χ0) is 6.69. The van der Waals surface area contributed by atoms with E-state index in [1.807, 2.05) is 19.3 Å². The molecule has 0 bridgehead atoms. The van der Waals surface area contributed by atoms with E-state index in [9.17, 15) is 0 Å². The Labute approximate surface area is 64.1 Å². The second kappa shape index (κ2) is 3.00. The van der Waals surface area contributed by atoms with Gasteiger partial charge in [-0.1, -0.05) is 25.2 Å². The molecule has 0 atom stereocenters. The maximum atomic E-state index is 4.03. The predicted octanol–water partition coefficient (Wildman–Crippen LogP) is 1.36. The van der Waals surface area contributed by atoms with Gasteiger partial charge in [-0.15, -0.1) is 0 Å². The molecule has 0 saturated carbocycles. The van der Waals surface area contributed by atoms with Crippen molar-refractivity contribution in [2.24, 2.45) is 0 Å². The van der Waals surface area contributed by atoms with Crippen LogP contribution in [-0.4, -0.2) is 14.5 Å². The highest BCUT2D eigenvalue weighted by atomic mass is 127. The van der Waals surface area contributed by atoms with Crippen LogP contribution in [0.2, 0.25) is 0 Å². The largest absolute Gasteiger partial charge is 0.241 e. The highest BCUT2D eigenvalue weighted by molar-refractivity contribution is 14.2. The van der Waals surface area contributed by atoms with E-state index in [2.05, 4.69) is 14.5 Å². The Morgan fingerprint density at radius 1 is 1.44 bits per heavy atom. The average molecular weight is 234 g/mol. The Kier molecular flexibility index (Phi) is 2.27. The molecule has 0 aliphatic heterocycles. The third-order valence-electron chi connectivity index (χ3n) is 0.904. The van der Waals surface area contributed by atoms with Gasteiger partial charge in [-0.05, 0) is 6.92 Å². The summed E-state index contributed by atoms with van der Waals surface area (Å²) in [4.78, 5) is 8.05. The fraction of sp³-hybridized carbons (Fsp3) is 0.167. The molecule has 1 rings (SSSR count). The molecule has 0 aromatic carbocycles. The normalized spacial score (nSPS) is 9.44. The SMILES string of the molecule is C=Ic1cnc(C)nc1. The maximum absolute atomic E-state index is 4.03. The highest BCUT2D eigenvalue weighted by Gasteiger charge is 1.85. The van der Waals surface area contributed by atoms with Crippen LogP contribution >= 0.6 is 20.7 Å². The third-order valence-corrected chi connectivity index (χ3v) is 2.34. The lowest BCUT2D eigenvalue weighted by Crippen LogP contribution is -1.85. The minimum Gasteiger partial charge on any atom is -0.241 e. The van der Waals surface area contributed by atoms with Crippen LogP contribution in [0.15, 0.2) is 12.4 Å². The van der Waals surface area contributed by atoms with E-state index >= 15 is 0 Å². The molecule has 2 nitrogen and oxygen atoms in total. The van der Waals surface area contributed by atoms with Crippen LogP contribution in [0, 0.1) is 10.5 Å². The summed E-state index contributed by atoms with van der Waals surface area (Å²) in [7, 11) is 0. The molecule has 1 aromatic heterocycles. The van der Waals surface area contributed by atoms with Crippen molar-refractivity contribution in [3.05, 3.63) is 21.8 Å². The number of rotatable bonds is 1. The van der Waals surface area contributed by atoms with Crippen molar-refractivity contribution in [2.75, 3.05) is 0 Å². The molecule has 0 N–H and O–H groups in total. The minimum absolute atomic E-state index is 0.0784. The summed E-state index contributed by atoms with van der Waals surface area (Å²) in [5.41, 5.74) is 0. The maximum Gasteiger partial charge on any atom is 0.125 e. The van der Waals surface area contributed by atoms with E-state index in [-0.39, 0.29) is 20.7 Å². The molecule has 1 aromatic rings. The van der Waals surface area contributed by atoms with Gasteiger partial charge in [-0.3, -0.25) is 0 Å².